The van der Waals surface area contributed by atoms with Crippen molar-refractivity contribution < 1.29 is 17.4 Å². The van der Waals surface area contributed by atoms with Crippen LogP contribution in [0.1, 0.15) is 0 Å². The molecular weight excluding hydrogens is 254 g/mol. The molecule has 0 radical (unpaired) electrons. The first kappa shape index (κ1) is 12.4. The molecule has 0 N–H and O–H groups in total. The Labute approximate surface area is 104 Å². The third-order valence-corrected chi connectivity index (χ3v) is 3.82. The van der Waals surface area contributed by atoms with Crippen molar-refractivity contribution >= 4 is 32.7 Å². The summed E-state index contributed by atoms with van der Waals surface area (Å²) in [5, 5.41) is 1.17. The minimum atomic E-state index is -3.80. The number of hydrogen-bond acceptors (Lipinski definition) is 5. The Hall–Kier alpha value is -2.01. The predicted molar refractivity (Wildman–Crippen MR) is 65.9 cm³/mol. The lowest BCUT2D eigenvalue weighted by atomic mass is 10.1. The third kappa shape index (κ3) is 2.17. The maximum Gasteiger partial charge on any atom is 0.297 e. The summed E-state index contributed by atoms with van der Waals surface area (Å²) in [6.07, 6.45) is 1.42. The Morgan fingerprint density at radius 1 is 1.22 bits per heavy atom. The van der Waals surface area contributed by atoms with E-state index in [0.29, 0.717) is 11.1 Å². The van der Waals surface area contributed by atoms with E-state index in [-0.39, 0.29) is 4.90 Å². The van der Waals surface area contributed by atoms with Gasteiger partial charge in [0, 0.05) is 5.39 Å². The Morgan fingerprint density at radius 2 is 2.00 bits per heavy atom. The molecule has 6 heteroatoms. The molecule has 18 heavy (non-hydrogen) atoms. The molecule has 0 aliphatic rings. The number of benzene rings is 2. The van der Waals surface area contributed by atoms with Crippen molar-refractivity contribution in [3.8, 4) is 0 Å². The van der Waals surface area contributed by atoms with Gasteiger partial charge in [-0.15, -0.1) is 0 Å². The second-order valence-corrected chi connectivity index (χ2v) is 5.17. The second kappa shape index (κ2) is 4.70. The fourth-order valence-electron chi connectivity index (χ4n) is 1.66. The SMILES string of the molecule is COS(=O)(=O)c1cccc2ccc(N=C=O)cc12. The largest absolute Gasteiger partial charge is 0.297 e. The summed E-state index contributed by atoms with van der Waals surface area (Å²) in [4.78, 5) is 13.7. The van der Waals surface area contributed by atoms with E-state index < -0.39 is 10.1 Å². The Balaban J connectivity index is 2.82. The van der Waals surface area contributed by atoms with Gasteiger partial charge in [-0.2, -0.15) is 13.4 Å². The lowest BCUT2D eigenvalue weighted by molar-refractivity contribution is 0.398. The Bertz CT molecular complexity index is 746. The summed E-state index contributed by atoms with van der Waals surface area (Å²) < 4.78 is 28.0. The third-order valence-electron chi connectivity index (χ3n) is 2.49. The van der Waals surface area contributed by atoms with Crippen molar-refractivity contribution in [3.05, 3.63) is 36.4 Å². The van der Waals surface area contributed by atoms with Gasteiger partial charge in [0.15, 0.2) is 0 Å². The highest BCUT2D eigenvalue weighted by molar-refractivity contribution is 7.87. The Kier molecular flexibility index (Phi) is 3.25. The van der Waals surface area contributed by atoms with Gasteiger partial charge in [0.1, 0.15) is 4.90 Å². The number of carbonyl (C=O) groups excluding carboxylic acids is 1. The van der Waals surface area contributed by atoms with Gasteiger partial charge in [0.2, 0.25) is 6.08 Å². The minimum Gasteiger partial charge on any atom is -0.270 e. The molecule has 0 bridgehead atoms. The summed E-state index contributed by atoms with van der Waals surface area (Å²) in [6, 6.07) is 9.62. The van der Waals surface area contributed by atoms with Gasteiger partial charge in [0.05, 0.1) is 12.8 Å². The highest BCUT2D eigenvalue weighted by atomic mass is 32.2. The maximum absolute atomic E-state index is 11.8. The number of isocyanates is 1. The average Bonchev–Trinajstić information content (AvgIpc) is 2.38. The van der Waals surface area contributed by atoms with Gasteiger partial charge in [-0.1, -0.05) is 18.2 Å². The number of hydrogen-bond donors (Lipinski definition) is 0. The first-order valence-corrected chi connectivity index (χ1v) is 6.40. The highest BCUT2D eigenvalue weighted by Crippen LogP contribution is 2.27. The smallest absolute Gasteiger partial charge is 0.270 e. The van der Waals surface area contributed by atoms with Gasteiger partial charge in [-0.05, 0) is 23.6 Å². The molecule has 0 saturated heterocycles. The zero-order valence-corrected chi connectivity index (χ0v) is 10.3. The van der Waals surface area contributed by atoms with Crippen molar-refractivity contribution in [2.75, 3.05) is 7.11 Å². The minimum absolute atomic E-state index is 0.0467. The Morgan fingerprint density at radius 3 is 2.67 bits per heavy atom. The van der Waals surface area contributed by atoms with Gasteiger partial charge in [-0.3, -0.25) is 4.18 Å². The number of rotatable bonds is 3. The molecule has 0 heterocycles. The van der Waals surface area contributed by atoms with Crippen LogP contribution in [0.15, 0.2) is 46.3 Å². The van der Waals surface area contributed by atoms with Crippen LogP contribution in [0.3, 0.4) is 0 Å². The summed E-state index contributed by atoms with van der Waals surface area (Å²) in [7, 11) is -2.70. The number of aliphatic imine (C=N–C) groups is 1. The molecular formula is C12H9NO4S. The molecule has 2 aromatic rings. The van der Waals surface area contributed by atoms with E-state index in [1.807, 2.05) is 0 Å². The molecule has 0 unspecified atom stereocenters. The molecule has 0 aliphatic carbocycles. The maximum atomic E-state index is 11.8. The number of fused-ring (bicyclic) bond motifs is 1. The second-order valence-electron chi connectivity index (χ2n) is 3.49. The van der Waals surface area contributed by atoms with E-state index in [1.54, 1.807) is 24.3 Å². The zero-order chi connectivity index (χ0) is 13.2. The van der Waals surface area contributed by atoms with Crippen LogP contribution >= 0.6 is 0 Å². The fraction of sp³-hybridized carbons (Fsp3) is 0.0833. The van der Waals surface area contributed by atoms with Crippen LogP contribution in [0.2, 0.25) is 0 Å². The quantitative estimate of drug-likeness (QED) is 0.483. The van der Waals surface area contributed by atoms with Crippen molar-refractivity contribution in [2.24, 2.45) is 4.99 Å². The molecule has 0 atom stereocenters. The first-order valence-electron chi connectivity index (χ1n) is 5.00. The zero-order valence-electron chi connectivity index (χ0n) is 9.45. The van der Waals surface area contributed by atoms with Crippen LogP contribution in [0, 0.1) is 0 Å². The van der Waals surface area contributed by atoms with Gasteiger partial charge < -0.3 is 0 Å². The van der Waals surface area contributed by atoms with Gasteiger partial charge in [-0.25, -0.2) is 4.79 Å². The van der Waals surface area contributed by atoms with E-state index in [4.69, 9.17) is 0 Å². The van der Waals surface area contributed by atoms with Crippen LogP contribution in [0.25, 0.3) is 10.8 Å². The average molecular weight is 263 g/mol. The monoisotopic (exact) mass is 263 g/mol. The summed E-state index contributed by atoms with van der Waals surface area (Å²) >= 11 is 0. The van der Waals surface area contributed by atoms with Crippen molar-refractivity contribution in [3.63, 3.8) is 0 Å². The highest BCUT2D eigenvalue weighted by Gasteiger charge is 2.16. The lowest BCUT2D eigenvalue weighted by Gasteiger charge is -2.06. The van der Waals surface area contributed by atoms with E-state index in [9.17, 15) is 13.2 Å². The normalized spacial score (nSPS) is 11.2. The van der Waals surface area contributed by atoms with Crippen LogP contribution in [-0.2, 0) is 19.1 Å². The van der Waals surface area contributed by atoms with Gasteiger partial charge in [0.25, 0.3) is 10.1 Å². The molecule has 0 amide bonds. The topological polar surface area (TPSA) is 72.8 Å². The van der Waals surface area contributed by atoms with Crippen molar-refractivity contribution in [1.82, 2.24) is 0 Å². The van der Waals surface area contributed by atoms with E-state index in [2.05, 4.69) is 9.18 Å². The predicted octanol–water partition coefficient (Wildman–Crippen LogP) is 2.14. The molecule has 5 nitrogen and oxygen atoms in total. The molecule has 0 aromatic heterocycles. The van der Waals surface area contributed by atoms with Crippen LogP contribution in [0.5, 0.6) is 0 Å². The van der Waals surface area contributed by atoms with E-state index >= 15 is 0 Å². The number of nitrogens with zero attached hydrogens (tertiary/aromatic N) is 1. The van der Waals surface area contributed by atoms with Crippen LogP contribution in [0.4, 0.5) is 5.69 Å². The fourth-order valence-corrected chi connectivity index (χ4v) is 2.53. The first-order chi connectivity index (χ1) is 8.58. The molecule has 0 fully saturated rings. The summed E-state index contributed by atoms with van der Waals surface area (Å²) in [5.41, 5.74) is 0.344. The molecule has 2 aromatic carbocycles. The summed E-state index contributed by atoms with van der Waals surface area (Å²) in [5.74, 6) is 0. The van der Waals surface area contributed by atoms with Gasteiger partial charge >= 0.3 is 0 Å². The van der Waals surface area contributed by atoms with Crippen LogP contribution < -0.4 is 0 Å². The molecule has 0 saturated carbocycles. The molecule has 2 rings (SSSR count). The van der Waals surface area contributed by atoms with Crippen molar-refractivity contribution in [1.29, 1.82) is 0 Å². The van der Waals surface area contributed by atoms with E-state index in [0.717, 1.165) is 12.5 Å². The summed E-state index contributed by atoms with van der Waals surface area (Å²) in [6.45, 7) is 0. The van der Waals surface area contributed by atoms with Crippen molar-refractivity contribution in [2.45, 2.75) is 4.90 Å². The lowest BCUT2D eigenvalue weighted by Crippen LogP contribution is -2.03. The molecule has 0 aliphatic heterocycles. The van der Waals surface area contributed by atoms with E-state index in [1.165, 1.54) is 18.2 Å². The molecule has 92 valence electrons. The molecule has 0 spiro atoms. The van der Waals surface area contributed by atoms with Crippen LogP contribution in [-0.4, -0.2) is 21.6 Å². The standard InChI is InChI=1S/C12H9NO4S/c1-17-18(15,16)12-4-2-3-9-5-6-10(13-8-14)7-11(9)12/h2-7H,1H3.